The second kappa shape index (κ2) is 15.8. The number of benzene rings is 4. The Balaban J connectivity index is 0.000000259. The van der Waals surface area contributed by atoms with E-state index in [4.69, 9.17) is 0 Å². The van der Waals surface area contributed by atoms with Crippen LogP contribution in [-0.4, -0.2) is 0 Å². The van der Waals surface area contributed by atoms with E-state index in [1.807, 2.05) is 13.8 Å². The predicted molar refractivity (Wildman–Crippen MR) is 169 cm³/mol. The average Bonchev–Trinajstić information content (AvgIpc) is 2.90. The van der Waals surface area contributed by atoms with Gasteiger partial charge in [-0.3, -0.25) is 0 Å². The molecule has 0 heterocycles. The Morgan fingerprint density at radius 3 is 0.730 bits per heavy atom. The molecule has 0 aliphatic heterocycles. The lowest BCUT2D eigenvalue weighted by atomic mass is 10.1. The average molecular weight is 485 g/mol. The normalized spacial score (nSPS) is 11.1. The molecule has 4 rings (SSSR count). The van der Waals surface area contributed by atoms with Crippen molar-refractivity contribution in [2.75, 3.05) is 0 Å². The van der Waals surface area contributed by atoms with Gasteiger partial charge in [0.15, 0.2) is 0 Å². The summed E-state index contributed by atoms with van der Waals surface area (Å²) >= 11 is 0. The second-order valence-corrected chi connectivity index (χ2v) is 8.82. The number of allylic oxidation sites excluding steroid dienone is 2. The first-order chi connectivity index (χ1) is 17.6. The summed E-state index contributed by atoms with van der Waals surface area (Å²) in [5, 5.41) is 0. The second-order valence-electron chi connectivity index (χ2n) is 8.82. The Hall–Kier alpha value is -4.16. The summed E-state index contributed by atoms with van der Waals surface area (Å²) in [6.07, 6.45) is 16.9. The van der Waals surface area contributed by atoms with Crippen LogP contribution in [-0.2, 0) is 0 Å². The highest BCUT2D eigenvalue weighted by molar-refractivity contribution is 5.71. The van der Waals surface area contributed by atoms with E-state index in [1.54, 1.807) is 0 Å². The number of aryl methyl sites for hydroxylation is 2. The number of hydrogen-bond donors (Lipinski definition) is 0. The minimum absolute atomic E-state index is 0. The first-order valence-corrected chi connectivity index (χ1v) is 12.5. The van der Waals surface area contributed by atoms with Crippen molar-refractivity contribution in [3.8, 4) is 0 Å². The summed E-state index contributed by atoms with van der Waals surface area (Å²) in [4.78, 5) is 0. The van der Waals surface area contributed by atoms with Gasteiger partial charge in [-0.2, -0.15) is 0 Å². The van der Waals surface area contributed by atoms with Gasteiger partial charge in [-0.1, -0.05) is 164 Å². The third-order valence-electron chi connectivity index (χ3n) is 5.68. The minimum atomic E-state index is 0. The lowest BCUT2D eigenvalue weighted by molar-refractivity contribution is 1.46. The zero-order chi connectivity index (χ0) is 25.6. The van der Waals surface area contributed by atoms with Crippen LogP contribution in [0.3, 0.4) is 0 Å². The molecule has 0 aliphatic rings. The first-order valence-electron chi connectivity index (χ1n) is 12.5. The van der Waals surface area contributed by atoms with E-state index >= 15 is 0 Å². The van der Waals surface area contributed by atoms with E-state index in [2.05, 4.69) is 160 Å². The molecule has 0 N–H and O–H groups in total. The van der Waals surface area contributed by atoms with Gasteiger partial charge >= 0.3 is 0 Å². The van der Waals surface area contributed by atoms with Gasteiger partial charge < -0.3 is 0 Å². The van der Waals surface area contributed by atoms with E-state index in [9.17, 15) is 0 Å². The number of rotatable bonds is 6. The molecule has 0 saturated heterocycles. The molecule has 0 nitrogen and oxygen atoms in total. The standard InChI is InChI=1S/C20H20.C16H16.CH4/c1-3-5-17-7-11-19(12-8-17)15-16-20-13-9-18(6-4-2)10-14-20;1-13-3-7-15(8-4-13)11-12-16-9-5-14(2)6-10-16;/h3-16H,1-2H3;3-12H,1-2H3;1H4. The van der Waals surface area contributed by atoms with Crippen LogP contribution in [0, 0.1) is 13.8 Å². The Bertz CT molecular complexity index is 1190. The monoisotopic (exact) mass is 484 g/mol. The molecule has 0 amide bonds. The fourth-order valence-electron chi connectivity index (χ4n) is 3.56. The van der Waals surface area contributed by atoms with Crippen molar-refractivity contribution in [1.29, 1.82) is 0 Å². The van der Waals surface area contributed by atoms with Gasteiger partial charge in [-0.15, -0.1) is 0 Å². The van der Waals surface area contributed by atoms with Crippen LogP contribution in [0.15, 0.2) is 109 Å². The lowest BCUT2D eigenvalue weighted by Gasteiger charge is -1.98. The molecule has 4 aromatic rings. The van der Waals surface area contributed by atoms with E-state index in [0.29, 0.717) is 0 Å². The van der Waals surface area contributed by atoms with Crippen LogP contribution < -0.4 is 0 Å². The third-order valence-corrected chi connectivity index (χ3v) is 5.68. The fraction of sp³-hybridized carbons (Fsp3) is 0.135. The molecule has 37 heavy (non-hydrogen) atoms. The summed E-state index contributed by atoms with van der Waals surface area (Å²) < 4.78 is 0. The van der Waals surface area contributed by atoms with E-state index in [1.165, 1.54) is 44.5 Å². The molecule has 4 aromatic carbocycles. The zero-order valence-electron chi connectivity index (χ0n) is 21.9. The molecule has 0 fully saturated rings. The SMILES string of the molecule is C.CC=Cc1ccc(C=Cc2ccc(C=CC)cc2)cc1.Cc1ccc(C=Cc2ccc(C)cc2)cc1. The Kier molecular flexibility index (Phi) is 12.4. The van der Waals surface area contributed by atoms with Gasteiger partial charge in [0, 0.05) is 0 Å². The minimum Gasteiger partial charge on any atom is -0.0871 e. The molecule has 0 saturated carbocycles. The maximum Gasteiger partial charge on any atom is -0.0256 e. The Labute approximate surface area is 225 Å². The van der Waals surface area contributed by atoms with Gasteiger partial charge in [0.05, 0.1) is 0 Å². The molecular weight excluding hydrogens is 444 g/mol. The van der Waals surface area contributed by atoms with Crippen LogP contribution in [0.1, 0.15) is 65.8 Å². The lowest BCUT2D eigenvalue weighted by Crippen LogP contribution is -1.76. The van der Waals surface area contributed by atoms with Crippen molar-refractivity contribution in [1.82, 2.24) is 0 Å². The maximum absolute atomic E-state index is 2.14. The van der Waals surface area contributed by atoms with Crippen molar-refractivity contribution in [2.45, 2.75) is 35.1 Å². The van der Waals surface area contributed by atoms with Crippen LogP contribution in [0.4, 0.5) is 0 Å². The summed E-state index contributed by atoms with van der Waals surface area (Å²) in [6, 6.07) is 34.2. The first kappa shape index (κ1) is 29.1. The molecule has 188 valence electrons. The summed E-state index contributed by atoms with van der Waals surface area (Å²) in [5.41, 5.74) is 9.99. The van der Waals surface area contributed by atoms with Crippen molar-refractivity contribution in [3.63, 3.8) is 0 Å². The molecule has 0 aliphatic carbocycles. The molecule has 0 spiro atoms. The van der Waals surface area contributed by atoms with Gasteiger partial charge in [0.2, 0.25) is 0 Å². The Morgan fingerprint density at radius 2 is 0.514 bits per heavy atom. The van der Waals surface area contributed by atoms with Crippen LogP contribution >= 0.6 is 0 Å². The highest BCUT2D eigenvalue weighted by Gasteiger charge is 1.91. The highest BCUT2D eigenvalue weighted by atomic mass is 14.0. The molecule has 0 aromatic heterocycles. The van der Waals surface area contributed by atoms with Gasteiger partial charge in [-0.05, 0) is 61.1 Å². The molecule has 0 radical (unpaired) electrons. The summed E-state index contributed by atoms with van der Waals surface area (Å²) in [5.74, 6) is 0. The molecule has 0 atom stereocenters. The van der Waals surface area contributed by atoms with Crippen molar-refractivity contribution >= 4 is 36.5 Å². The van der Waals surface area contributed by atoms with E-state index < -0.39 is 0 Å². The Morgan fingerprint density at radius 1 is 0.324 bits per heavy atom. The van der Waals surface area contributed by atoms with Crippen LogP contribution in [0.25, 0.3) is 36.5 Å². The van der Waals surface area contributed by atoms with Crippen molar-refractivity contribution < 1.29 is 0 Å². The smallest absolute Gasteiger partial charge is 0.0256 e. The zero-order valence-corrected chi connectivity index (χ0v) is 21.9. The molecule has 0 bridgehead atoms. The quantitative estimate of drug-likeness (QED) is 0.239. The van der Waals surface area contributed by atoms with Crippen molar-refractivity contribution in [3.05, 3.63) is 154 Å². The van der Waals surface area contributed by atoms with Gasteiger partial charge in [0.25, 0.3) is 0 Å². The highest BCUT2D eigenvalue weighted by Crippen LogP contribution is 2.13. The van der Waals surface area contributed by atoms with Crippen LogP contribution in [0.2, 0.25) is 0 Å². The van der Waals surface area contributed by atoms with Gasteiger partial charge in [0.1, 0.15) is 0 Å². The molecular formula is C37H40. The van der Waals surface area contributed by atoms with E-state index in [0.717, 1.165) is 0 Å². The summed E-state index contributed by atoms with van der Waals surface area (Å²) in [7, 11) is 0. The fourth-order valence-corrected chi connectivity index (χ4v) is 3.56. The van der Waals surface area contributed by atoms with Crippen molar-refractivity contribution in [2.24, 2.45) is 0 Å². The molecule has 0 unspecified atom stereocenters. The predicted octanol–water partition coefficient (Wildman–Crippen LogP) is 11.0. The maximum atomic E-state index is 2.14. The van der Waals surface area contributed by atoms with Gasteiger partial charge in [-0.25, -0.2) is 0 Å². The topological polar surface area (TPSA) is 0 Å². The number of hydrogen-bond acceptors (Lipinski definition) is 0. The third kappa shape index (κ3) is 10.5. The van der Waals surface area contributed by atoms with E-state index in [-0.39, 0.29) is 7.43 Å². The largest absolute Gasteiger partial charge is 0.0871 e. The van der Waals surface area contributed by atoms with Crippen LogP contribution in [0.5, 0.6) is 0 Å². The molecule has 0 heteroatoms. The summed E-state index contributed by atoms with van der Waals surface area (Å²) in [6.45, 7) is 8.28.